The lowest BCUT2D eigenvalue weighted by molar-refractivity contribution is -0.143. The van der Waals surface area contributed by atoms with Crippen LogP contribution in [0.4, 0.5) is 0 Å². The number of unbranched alkanes of at least 4 members (excludes halogenated alkanes) is 2. The smallest absolute Gasteiger partial charge is 0.333 e. The maximum Gasteiger partial charge on any atom is 0.333 e. The zero-order valence-corrected chi connectivity index (χ0v) is 25.3. The molecule has 2 N–H and O–H groups in total. The molecule has 0 heterocycles. The Hall–Kier alpha value is -1.95. The van der Waals surface area contributed by atoms with E-state index in [4.69, 9.17) is 9.47 Å². The van der Waals surface area contributed by atoms with Gasteiger partial charge in [0.1, 0.15) is 6.61 Å². The second-order valence-electron chi connectivity index (χ2n) is 12.9. The van der Waals surface area contributed by atoms with Crippen molar-refractivity contribution in [2.45, 2.75) is 115 Å². The van der Waals surface area contributed by atoms with Crippen LogP contribution >= 0.6 is 0 Å². The summed E-state index contributed by atoms with van der Waals surface area (Å²) in [6, 6.07) is 8.63. The number of rotatable bonds is 15. The maximum absolute atomic E-state index is 12.1. The fourth-order valence-electron chi connectivity index (χ4n) is 6.73. The average Bonchev–Trinajstić information content (AvgIpc) is 2.98. The summed E-state index contributed by atoms with van der Waals surface area (Å²) in [5, 5.41) is 19.4. The summed E-state index contributed by atoms with van der Waals surface area (Å²) in [6.07, 6.45) is 15.3. The Balaban J connectivity index is 1.56. The van der Waals surface area contributed by atoms with E-state index in [1.165, 1.54) is 82.6 Å². The van der Waals surface area contributed by atoms with Crippen LogP contribution in [0, 0.1) is 17.8 Å². The summed E-state index contributed by atoms with van der Waals surface area (Å²) in [7, 11) is 0. The lowest BCUT2D eigenvalue weighted by Gasteiger charge is -2.38. The highest BCUT2D eigenvalue weighted by molar-refractivity contribution is 5.86. The number of carbonyl (C=O) groups is 1. The van der Waals surface area contributed by atoms with Crippen LogP contribution in [0.15, 0.2) is 48.6 Å². The van der Waals surface area contributed by atoms with Crippen LogP contribution in [0.5, 0.6) is 0 Å². The fourth-order valence-corrected chi connectivity index (χ4v) is 6.73. The van der Waals surface area contributed by atoms with Gasteiger partial charge in [0.2, 0.25) is 0 Å². The van der Waals surface area contributed by atoms with Gasteiger partial charge >= 0.3 is 5.97 Å². The molecule has 2 fully saturated rings. The molecule has 2 saturated carbocycles. The van der Waals surface area contributed by atoms with Gasteiger partial charge in [-0.25, -0.2) is 4.79 Å². The Labute approximate surface area is 243 Å². The van der Waals surface area contributed by atoms with Crippen molar-refractivity contribution in [3.63, 3.8) is 0 Å². The minimum absolute atomic E-state index is 0.0856. The molecule has 3 rings (SSSR count). The summed E-state index contributed by atoms with van der Waals surface area (Å²) >= 11 is 0. The van der Waals surface area contributed by atoms with Crippen molar-refractivity contribution in [3.05, 3.63) is 59.7 Å². The van der Waals surface area contributed by atoms with Crippen LogP contribution < -0.4 is 0 Å². The van der Waals surface area contributed by atoms with Crippen molar-refractivity contribution in [2.75, 3.05) is 19.8 Å². The van der Waals surface area contributed by atoms with E-state index < -0.39 is 17.7 Å². The van der Waals surface area contributed by atoms with Crippen molar-refractivity contribution in [1.29, 1.82) is 0 Å². The predicted octanol–water partition coefficient (Wildman–Crippen LogP) is 7.61. The van der Waals surface area contributed by atoms with Crippen LogP contribution in [0.1, 0.15) is 115 Å². The molecule has 1 aromatic rings. The topological polar surface area (TPSA) is 76.0 Å². The van der Waals surface area contributed by atoms with Gasteiger partial charge in [-0.15, -0.1) is 0 Å². The normalized spacial score (nSPS) is 25.5. The zero-order chi connectivity index (χ0) is 29.1. The Morgan fingerprint density at radius 3 is 2.12 bits per heavy atom. The van der Waals surface area contributed by atoms with Crippen molar-refractivity contribution >= 4 is 5.97 Å². The Morgan fingerprint density at radius 2 is 1.57 bits per heavy atom. The number of ether oxygens (including phenoxy) is 2. The molecule has 2 aliphatic carbocycles. The third kappa shape index (κ3) is 9.29. The molecule has 224 valence electrons. The molecule has 0 amide bonds. The van der Waals surface area contributed by atoms with Crippen molar-refractivity contribution < 1.29 is 24.5 Å². The molecule has 2 unspecified atom stereocenters. The van der Waals surface area contributed by atoms with E-state index in [-0.39, 0.29) is 25.4 Å². The van der Waals surface area contributed by atoms with E-state index in [1.807, 2.05) is 6.92 Å². The molecule has 1 aromatic carbocycles. The summed E-state index contributed by atoms with van der Waals surface area (Å²) < 4.78 is 11.2. The van der Waals surface area contributed by atoms with Gasteiger partial charge in [-0.2, -0.15) is 0 Å². The highest BCUT2D eigenvalue weighted by Crippen LogP contribution is 2.44. The molecular formula is C35H54O5. The summed E-state index contributed by atoms with van der Waals surface area (Å²) in [5.41, 5.74) is 2.18. The molecule has 5 nitrogen and oxygen atoms in total. The van der Waals surface area contributed by atoms with Crippen molar-refractivity contribution in [1.82, 2.24) is 0 Å². The van der Waals surface area contributed by atoms with Crippen molar-refractivity contribution in [3.8, 4) is 0 Å². The van der Waals surface area contributed by atoms with Gasteiger partial charge in [-0.1, -0.05) is 82.9 Å². The quantitative estimate of drug-likeness (QED) is 0.0767. The van der Waals surface area contributed by atoms with E-state index in [9.17, 15) is 15.0 Å². The van der Waals surface area contributed by atoms with Gasteiger partial charge < -0.3 is 19.7 Å². The van der Waals surface area contributed by atoms with Gasteiger partial charge in [0.15, 0.2) is 6.29 Å². The highest BCUT2D eigenvalue weighted by Gasteiger charge is 2.33. The monoisotopic (exact) mass is 554 g/mol. The number of aliphatic hydroxyl groups is 2. The molecule has 0 bridgehead atoms. The summed E-state index contributed by atoms with van der Waals surface area (Å²) in [5.74, 6) is 2.95. The third-order valence-corrected chi connectivity index (χ3v) is 9.61. The molecule has 2 atom stereocenters. The van der Waals surface area contributed by atoms with Crippen LogP contribution in [-0.2, 0) is 19.7 Å². The van der Waals surface area contributed by atoms with E-state index in [0.717, 1.165) is 23.3 Å². The van der Waals surface area contributed by atoms with Gasteiger partial charge in [-0.05, 0) is 87.2 Å². The average molecular weight is 555 g/mol. The van der Waals surface area contributed by atoms with E-state index in [2.05, 4.69) is 44.3 Å². The lowest BCUT2D eigenvalue weighted by Crippen LogP contribution is -2.37. The molecule has 0 aromatic heterocycles. The number of hydrogen-bond acceptors (Lipinski definition) is 5. The molecule has 2 aliphatic rings. The second-order valence-corrected chi connectivity index (χ2v) is 12.9. The van der Waals surface area contributed by atoms with Crippen LogP contribution in [0.2, 0.25) is 0 Å². The number of esters is 1. The Morgan fingerprint density at radius 1 is 0.975 bits per heavy atom. The maximum atomic E-state index is 12.1. The highest BCUT2D eigenvalue weighted by atomic mass is 16.6. The molecule has 0 saturated heterocycles. The number of aliphatic hydroxyl groups excluding tert-OH is 2. The first-order chi connectivity index (χ1) is 19.2. The molecule has 0 aliphatic heterocycles. The molecule has 5 heteroatoms. The Bertz CT molecular complexity index is 937. The first-order valence-electron chi connectivity index (χ1n) is 15.7. The van der Waals surface area contributed by atoms with E-state index in [1.54, 1.807) is 6.92 Å². The Kier molecular flexibility index (Phi) is 12.9. The number of hydrogen-bond donors (Lipinski definition) is 2. The van der Waals surface area contributed by atoms with Crippen LogP contribution in [0.25, 0.3) is 0 Å². The van der Waals surface area contributed by atoms with Crippen LogP contribution in [-0.4, -0.2) is 42.3 Å². The lowest BCUT2D eigenvalue weighted by atomic mass is 9.68. The minimum Gasteiger partial charge on any atom is -0.461 e. The molecule has 40 heavy (non-hydrogen) atoms. The SMILES string of the molecule is C=C(C)C(=O)OCC(C)(COC(O)C(=C)CO)c1ccc(C2CCC(C3CCC(CCCCC)CC3)CC2)cc1. The van der Waals surface area contributed by atoms with Gasteiger partial charge in [0, 0.05) is 11.1 Å². The number of benzene rings is 1. The minimum atomic E-state index is -1.29. The van der Waals surface area contributed by atoms with Gasteiger partial charge in [0.05, 0.1) is 18.6 Å². The summed E-state index contributed by atoms with van der Waals surface area (Å²) in [6.45, 7) is 13.0. The van der Waals surface area contributed by atoms with E-state index >= 15 is 0 Å². The van der Waals surface area contributed by atoms with Gasteiger partial charge in [0.25, 0.3) is 0 Å². The standard InChI is InChI=1S/C35H54O5/c1-6-7-8-9-27-10-12-28(13-11-27)29-14-16-30(17-15-29)31-18-20-32(21-19-31)35(5,23-39-33(37)25(2)3)24-40-34(38)26(4)22-36/h18-21,27-30,34,36,38H,2,4,6-17,22-24H2,1,3,5H3. The zero-order valence-electron chi connectivity index (χ0n) is 25.3. The molecular weight excluding hydrogens is 500 g/mol. The summed E-state index contributed by atoms with van der Waals surface area (Å²) in [4.78, 5) is 12.1. The molecule has 0 radical (unpaired) electrons. The van der Waals surface area contributed by atoms with Crippen molar-refractivity contribution in [2.24, 2.45) is 17.8 Å². The van der Waals surface area contributed by atoms with Gasteiger partial charge in [-0.3, -0.25) is 0 Å². The van der Waals surface area contributed by atoms with E-state index in [0.29, 0.717) is 11.5 Å². The number of carbonyl (C=O) groups excluding carboxylic acids is 1. The molecule has 0 spiro atoms. The fraction of sp³-hybridized carbons (Fsp3) is 0.686. The third-order valence-electron chi connectivity index (χ3n) is 9.61. The predicted molar refractivity (Wildman–Crippen MR) is 162 cm³/mol. The first-order valence-corrected chi connectivity index (χ1v) is 15.7. The first kappa shape index (κ1) is 32.6. The van der Waals surface area contributed by atoms with Crippen LogP contribution in [0.3, 0.4) is 0 Å². The second kappa shape index (κ2) is 15.9. The largest absolute Gasteiger partial charge is 0.461 e.